The van der Waals surface area contributed by atoms with Gasteiger partial charge in [0.05, 0.1) is 13.2 Å². The van der Waals surface area contributed by atoms with E-state index in [4.69, 9.17) is 9.47 Å². The molecule has 2 rings (SSSR count). The topological polar surface area (TPSA) is 47.6 Å². The Labute approximate surface area is 150 Å². The van der Waals surface area contributed by atoms with Crippen LogP contribution in [0.2, 0.25) is 0 Å². The molecule has 0 bridgehead atoms. The molecule has 0 spiro atoms. The molecule has 0 aliphatic rings. The van der Waals surface area contributed by atoms with Gasteiger partial charge in [0.1, 0.15) is 11.5 Å². The minimum atomic E-state index is -0.520. The monoisotopic (exact) mass is 341 g/mol. The van der Waals surface area contributed by atoms with Crippen molar-refractivity contribution >= 4 is 5.91 Å². The van der Waals surface area contributed by atoms with E-state index in [0.717, 1.165) is 17.7 Å². The van der Waals surface area contributed by atoms with E-state index < -0.39 is 6.10 Å². The fourth-order valence-electron chi connectivity index (χ4n) is 2.63. The number of ether oxygens (including phenoxy) is 2. The number of benzene rings is 2. The highest BCUT2D eigenvalue weighted by atomic mass is 16.5. The van der Waals surface area contributed by atoms with Crippen molar-refractivity contribution in [2.45, 2.75) is 45.8 Å². The Kier molecular flexibility index (Phi) is 6.87. The molecule has 0 heterocycles. The van der Waals surface area contributed by atoms with Gasteiger partial charge in [0.2, 0.25) is 0 Å². The SMILES string of the molecule is CC[C@H](Oc1ccc(OC)cc1)C(=O)N[C@@H](CC)c1ccc(C)cc1. The van der Waals surface area contributed by atoms with Gasteiger partial charge in [-0.25, -0.2) is 0 Å². The molecule has 0 radical (unpaired) electrons. The van der Waals surface area contributed by atoms with Crippen LogP contribution in [0.4, 0.5) is 0 Å². The van der Waals surface area contributed by atoms with Gasteiger partial charge in [-0.2, -0.15) is 0 Å². The summed E-state index contributed by atoms with van der Waals surface area (Å²) in [6, 6.07) is 15.5. The van der Waals surface area contributed by atoms with Gasteiger partial charge in [0.25, 0.3) is 5.91 Å². The van der Waals surface area contributed by atoms with Crippen molar-refractivity contribution in [3.05, 3.63) is 59.7 Å². The molecule has 0 aromatic heterocycles. The van der Waals surface area contributed by atoms with E-state index in [9.17, 15) is 4.79 Å². The Morgan fingerprint density at radius 2 is 1.56 bits per heavy atom. The largest absolute Gasteiger partial charge is 0.497 e. The molecule has 1 N–H and O–H groups in total. The summed E-state index contributed by atoms with van der Waals surface area (Å²) in [6.45, 7) is 6.07. The van der Waals surface area contributed by atoms with Crippen LogP contribution in [-0.4, -0.2) is 19.1 Å². The second-order valence-corrected chi connectivity index (χ2v) is 6.07. The van der Waals surface area contributed by atoms with Crippen LogP contribution >= 0.6 is 0 Å². The lowest BCUT2D eigenvalue weighted by atomic mass is 10.0. The predicted molar refractivity (Wildman–Crippen MR) is 100 cm³/mol. The van der Waals surface area contributed by atoms with Crippen LogP contribution in [0.25, 0.3) is 0 Å². The quantitative estimate of drug-likeness (QED) is 0.773. The lowest BCUT2D eigenvalue weighted by Crippen LogP contribution is -2.39. The van der Waals surface area contributed by atoms with Crippen molar-refractivity contribution in [3.63, 3.8) is 0 Å². The number of hydrogen-bond acceptors (Lipinski definition) is 3. The summed E-state index contributed by atoms with van der Waals surface area (Å²) in [5.41, 5.74) is 2.32. The molecule has 0 saturated heterocycles. The molecule has 0 unspecified atom stereocenters. The third kappa shape index (κ3) is 5.24. The van der Waals surface area contributed by atoms with Crippen LogP contribution in [0.1, 0.15) is 43.9 Å². The maximum Gasteiger partial charge on any atom is 0.261 e. The molecule has 25 heavy (non-hydrogen) atoms. The van der Waals surface area contributed by atoms with E-state index >= 15 is 0 Å². The summed E-state index contributed by atoms with van der Waals surface area (Å²) in [6.07, 6.45) is 0.906. The van der Waals surface area contributed by atoms with Gasteiger partial charge in [0.15, 0.2) is 6.10 Å². The van der Waals surface area contributed by atoms with Crippen molar-refractivity contribution in [2.75, 3.05) is 7.11 Å². The van der Waals surface area contributed by atoms with Crippen molar-refractivity contribution in [1.82, 2.24) is 5.32 Å². The molecule has 134 valence electrons. The van der Waals surface area contributed by atoms with E-state index in [-0.39, 0.29) is 11.9 Å². The number of nitrogens with one attached hydrogen (secondary N) is 1. The number of carbonyl (C=O) groups is 1. The first kappa shape index (κ1) is 18.8. The summed E-state index contributed by atoms with van der Waals surface area (Å²) in [5, 5.41) is 3.11. The number of methoxy groups -OCH3 is 1. The number of hydrogen-bond donors (Lipinski definition) is 1. The summed E-state index contributed by atoms with van der Waals surface area (Å²) < 4.78 is 11.0. The Hall–Kier alpha value is -2.49. The molecule has 0 fully saturated rings. The highest BCUT2D eigenvalue weighted by Crippen LogP contribution is 2.21. The highest BCUT2D eigenvalue weighted by Gasteiger charge is 2.22. The second kappa shape index (κ2) is 9.11. The summed E-state index contributed by atoms with van der Waals surface area (Å²) in [4.78, 5) is 12.7. The van der Waals surface area contributed by atoms with Crippen LogP contribution in [0, 0.1) is 6.92 Å². The normalized spacial score (nSPS) is 13.0. The Morgan fingerprint density at radius 1 is 0.960 bits per heavy atom. The summed E-state index contributed by atoms with van der Waals surface area (Å²) in [7, 11) is 1.62. The Balaban J connectivity index is 2.03. The molecule has 4 heteroatoms. The van der Waals surface area contributed by atoms with Gasteiger partial charge >= 0.3 is 0 Å². The molecular formula is C21H27NO3. The molecule has 4 nitrogen and oxygen atoms in total. The zero-order valence-corrected chi connectivity index (χ0v) is 15.4. The fourth-order valence-corrected chi connectivity index (χ4v) is 2.63. The van der Waals surface area contributed by atoms with Gasteiger partial charge in [-0.1, -0.05) is 43.7 Å². The number of carbonyl (C=O) groups excluding carboxylic acids is 1. The average molecular weight is 341 g/mol. The van der Waals surface area contributed by atoms with E-state index in [0.29, 0.717) is 12.2 Å². The van der Waals surface area contributed by atoms with Crippen LogP contribution in [-0.2, 0) is 4.79 Å². The molecule has 0 aliphatic carbocycles. The fraction of sp³-hybridized carbons (Fsp3) is 0.381. The third-order valence-electron chi connectivity index (χ3n) is 4.21. The van der Waals surface area contributed by atoms with Gasteiger partial charge < -0.3 is 14.8 Å². The highest BCUT2D eigenvalue weighted by molar-refractivity contribution is 5.81. The zero-order valence-electron chi connectivity index (χ0n) is 15.4. The van der Waals surface area contributed by atoms with Crippen molar-refractivity contribution in [3.8, 4) is 11.5 Å². The van der Waals surface area contributed by atoms with E-state index in [2.05, 4.69) is 43.4 Å². The lowest BCUT2D eigenvalue weighted by molar-refractivity contribution is -0.128. The lowest BCUT2D eigenvalue weighted by Gasteiger charge is -2.22. The minimum absolute atomic E-state index is 0.0124. The number of aryl methyl sites for hydroxylation is 1. The minimum Gasteiger partial charge on any atom is -0.497 e. The van der Waals surface area contributed by atoms with Gasteiger partial charge in [-0.05, 0) is 49.6 Å². The molecule has 2 aromatic rings. The second-order valence-electron chi connectivity index (χ2n) is 6.07. The van der Waals surface area contributed by atoms with Gasteiger partial charge in [-0.3, -0.25) is 4.79 Å². The van der Waals surface area contributed by atoms with Crippen molar-refractivity contribution < 1.29 is 14.3 Å². The Morgan fingerprint density at radius 3 is 2.08 bits per heavy atom. The first-order chi connectivity index (χ1) is 12.1. The third-order valence-corrected chi connectivity index (χ3v) is 4.21. The summed E-state index contributed by atoms with van der Waals surface area (Å²) in [5.74, 6) is 1.33. The van der Waals surface area contributed by atoms with Gasteiger partial charge in [-0.15, -0.1) is 0 Å². The predicted octanol–water partition coefficient (Wildman–Crippen LogP) is 4.43. The molecule has 0 aliphatic heterocycles. The first-order valence-corrected chi connectivity index (χ1v) is 8.75. The number of amides is 1. The zero-order chi connectivity index (χ0) is 18.2. The van der Waals surface area contributed by atoms with E-state index in [1.165, 1.54) is 5.56 Å². The standard InChI is InChI=1S/C21H27NO3/c1-5-19(16-9-7-15(3)8-10-16)22-21(23)20(6-2)25-18-13-11-17(24-4)12-14-18/h7-14,19-20H,5-6H2,1-4H3,(H,22,23)/t19-,20-/m0/s1. The van der Waals surface area contributed by atoms with Crippen LogP contribution in [0.5, 0.6) is 11.5 Å². The van der Waals surface area contributed by atoms with Crippen LogP contribution < -0.4 is 14.8 Å². The number of rotatable bonds is 8. The van der Waals surface area contributed by atoms with Crippen molar-refractivity contribution in [1.29, 1.82) is 0 Å². The molecule has 1 amide bonds. The molecule has 2 atom stereocenters. The van der Waals surface area contributed by atoms with E-state index in [1.807, 2.05) is 31.2 Å². The van der Waals surface area contributed by atoms with Crippen molar-refractivity contribution in [2.24, 2.45) is 0 Å². The molecule has 2 aromatic carbocycles. The maximum atomic E-state index is 12.7. The Bertz CT molecular complexity index is 665. The first-order valence-electron chi connectivity index (χ1n) is 8.75. The van der Waals surface area contributed by atoms with Crippen LogP contribution in [0.3, 0.4) is 0 Å². The van der Waals surface area contributed by atoms with E-state index in [1.54, 1.807) is 7.11 Å². The van der Waals surface area contributed by atoms with Crippen LogP contribution in [0.15, 0.2) is 48.5 Å². The molecule has 0 saturated carbocycles. The maximum absolute atomic E-state index is 12.7. The smallest absolute Gasteiger partial charge is 0.261 e. The van der Waals surface area contributed by atoms with Gasteiger partial charge in [0, 0.05) is 0 Å². The molecular weight excluding hydrogens is 314 g/mol. The summed E-state index contributed by atoms with van der Waals surface area (Å²) >= 11 is 0. The average Bonchev–Trinajstić information content (AvgIpc) is 2.65.